The number of ether oxygens (including phenoxy) is 1. The summed E-state index contributed by atoms with van der Waals surface area (Å²) in [6.45, 7) is 1.77. The molecule has 0 heterocycles. The van der Waals surface area contributed by atoms with Crippen LogP contribution in [0.5, 0.6) is 0 Å². The van der Waals surface area contributed by atoms with E-state index in [1.807, 2.05) is 21.1 Å². The maximum absolute atomic E-state index is 11.9. The molecule has 0 fully saturated rings. The maximum atomic E-state index is 11.9. The second-order valence-electron chi connectivity index (χ2n) is 10.2. The van der Waals surface area contributed by atoms with Gasteiger partial charge in [-0.1, -0.05) is 70.4 Å². The molecule has 1 N–H and O–H groups in total. The third-order valence-corrected chi connectivity index (χ3v) is 6.62. The molecule has 0 aromatic carbocycles. The summed E-state index contributed by atoms with van der Waals surface area (Å²) in [5.74, 6) is -0.420. The van der Waals surface area contributed by atoms with Gasteiger partial charge < -0.3 is 28.3 Å². The zero-order chi connectivity index (χ0) is 26.4. The fourth-order valence-corrected chi connectivity index (χ4v) is 4.21. The van der Waals surface area contributed by atoms with Crippen molar-refractivity contribution in [2.45, 2.75) is 103 Å². The zero-order valence-corrected chi connectivity index (χ0v) is 23.6. The van der Waals surface area contributed by atoms with Gasteiger partial charge in [-0.2, -0.15) is 0 Å². The number of phosphoric acid groups is 1. The highest BCUT2D eigenvalue weighted by atomic mass is 31.2. The summed E-state index contributed by atoms with van der Waals surface area (Å²) >= 11 is 0. The molecular weight excluding hydrogens is 469 g/mol. The number of carbonyl (C=O) groups excluding carboxylic acids is 1. The fraction of sp³-hybridized carbons (Fsp3) is 0.885. The molecule has 0 aliphatic carbocycles. The molecule has 0 saturated carbocycles. The quantitative estimate of drug-likeness (QED) is 0.0617. The van der Waals surface area contributed by atoms with E-state index < -0.39 is 26.5 Å². The van der Waals surface area contributed by atoms with Crippen LogP contribution in [0, 0.1) is 0 Å². The van der Waals surface area contributed by atoms with Crippen LogP contribution in [0.3, 0.4) is 0 Å². The van der Waals surface area contributed by atoms with Gasteiger partial charge in [-0.3, -0.25) is 9.36 Å². The van der Waals surface area contributed by atoms with Gasteiger partial charge in [-0.05, 0) is 32.1 Å². The number of hydrogen-bond acceptors (Lipinski definition) is 7. The lowest BCUT2D eigenvalue weighted by molar-refractivity contribution is -0.870. The second kappa shape index (κ2) is 21.3. The van der Waals surface area contributed by atoms with E-state index in [0.29, 0.717) is 11.0 Å². The number of hydrogen-bond donors (Lipinski definition) is 1. The first kappa shape index (κ1) is 34.2. The predicted octanol–water partition coefficient (Wildman–Crippen LogP) is 5.14. The number of esters is 1. The van der Waals surface area contributed by atoms with Gasteiger partial charge in [-0.25, -0.2) is 0 Å². The van der Waals surface area contributed by atoms with Gasteiger partial charge in [0.2, 0.25) is 0 Å². The molecule has 0 aliphatic rings. The van der Waals surface area contributed by atoms with Crippen molar-refractivity contribution < 1.29 is 37.6 Å². The summed E-state index contributed by atoms with van der Waals surface area (Å²) in [7, 11) is 1.15. The molecule has 9 heteroatoms. The van der Waals surface area contributed by atoms with Gasteiger partial charge in [0, 0.05) is 6.42 Å². The van der Waals surface area contributed by atoms with Crippen LogP contribution in [0.1, 0.15) is 96.8 Å². The van der Waals surface area contributed by atoms with Crippen LogP contribution in [0.4, 0.5) is 0 Å². The number of nitrogens with zero attached hydrogens (tertiary/aromatic N) is 1. The summed E-state index contributed by atoms with van der Waals surface area (Å²) in [6.07, 6.45) is 19.1. The highest BCUT2D eigenvalue weighted by Gasteiger charge is 2.20. The van der Waals surface area contributed by atoms with E-state index in [1.54, 1.807) is 0 Å². The summed E-state index contributed by atoms with van der Waals surface area (Å²) in [6, 6.07) is 0. The van der Waals surface area contributed by atoms with Gasteiger partial charge >= 0.3 is 5.97 Å². The van der Waals surface area contributed by atoms with E-state index in [2.05, 4.69) is 19.1 Å². The molecule has 0 spiro atoms. The molecule has 208 valence electrons. The molecule has 0 radical (unpaired) electrons. The molecule has 0 rings (SSSR count). The number of unbranched alkanes of at least 4 members (excludes halogenated alkanes) is 11. The highest BCUT2D eigenvalue weighted by molar-refractivity contribution is 7.45. The van der Waals surface area contributed by atoms with Crippen molar-refractivity contribution in [3.63, 3.8) is 0 Å². The Morgan fingerprint density at radius 1 is 0.943 bits per heavy atom. The number of likely N-dealkylation sites (N-methyl/N-ethyl adjacent to an activating group) is 1. The molecule has 0 saturated heterocycles. The molecule has 0 aromatic heterocycles. The maximum Gasteiger partial charge on any atom is 0.305 e. The first-order valence-electron chi connectivity index (χ1n) is 13.5. The van der Waals surface area contributed by atoms with Crippen LogP contribution in [0.15, 0.2) is 12.2 Å². The SMILES string of the molecule is CCCCCCCC/C=C\CCCCCCCC(=O)OC[C@H](CO)OP(=O)([O-])OCC[N+](C)(C)C. The van der Waals surface area contributed by atoms with Crippen LogP contribution in [-0.4, -0.2) is 69.2 Å². The lowest BCUT2D eigenvalue weighted by Gasteiger charge is -2.29. The van der Waals surface area contributed by atoms with E-state index in [0.717, 1.165) is 32.1 Å². The fourth-order valence-electron chi connectivity index (χ4n) is 3.35. The number of carbonyl (C=O) groups is 1. The Balaban J connectivity index is 3.73. The highest BCUT2D eigenvalue weighted by Crippen LogP contribution is 2.39. The van der Waals surface area contributed by atoms with Crippen molar-refractivity contribution in [1.29, 1.82) is 0 Å². The summed E-state index contributed by atoms with van der Waals surface area (Å²) in [4.78, 5) is 23.8. The molecule has 0 amide bonds. The molecule has 0 aliphatic heterocycles. The van der Waals surface area contributed by atoms with Crippen molar-refractivity contribution >= 4 is 13.8 Å². The molecular formula is C26H52NO7P. The number of aliphatic hydroxyl groups excluding tert-OH is 1. The number of rotatable bonds is 24. The predicted molar refractivity (Wildman–Crippen MR) is 139 cm³/mol. The van der Waals surface area contributed by atoms with Crippen LogP contribution < -0.4 is 4.89 Å². The van der Waals surface area contributed by atoms with Crippen molar-refractivity contribution in [2.75, 3.05) is 47.5 Å². The number of allylic oxidation sites excluding steroid dienone is 2. The summed E-state index contributed by atoms with van der Waals surface area (Å²) < 4.78 is 27.1. The first-order valence-corrected chi connectivity index (χ1v) is 14.9. The van der Waals surface area contributed by atoms with Crippen molar-refractivity contribution in [3.05, 3.63) is 12.2 Å². The number of phosphoric ester groups is 1. The van der Waals surface area contributed by atoms with Crippen molar-refractivity contribution in [1.82, 2.24) is 0 Å². The van der Waals surface area contributed by atoms with E-state index in [9.17, 15) is 19.4 Å². The monoisotopic (exact) mass is 521 g/mol. The Labute approximate surface area is 214 Å². The zero-order valence-electron chi connectivity index (χ0n) is 22.8. The van der Waals surface area contributed by atoms with Gasteiger partial charge in [0.1, 0.15) is 25.9 Å². The Hall–Kier alpha value is -0.760. The van der Waals surface area contributed by atoms with Crippen LogP contribution in [0.2, 0.25) is 0 Å². The average Bonchev–Trinajstić information content (AvgIpc) is 2.78. The Kier molecular flexibility index (Phi) is 20.9. The van der Waals surface area contributed by atoms with Crippen molar-refractivity contribution in [2.24, 2.45) is 0 Å². The van der Waals surface area contributed by atoms with Crippen LogP contribution in [-0.2, 0) is 23.1 Å². The molecule has 0 bridgehead atoms. The van der Waals surface area contributed by atoms with Gasteiger partial charge in [0.15, 0.2) is 0 Å². The molecule has 0 aromatic rings. The van der Waals surface area contributed by atoms with Gasteiger partial charge in [-0.15, -0.1) is 0 Å². The van der Waals surface area contributed by atoms with Crippen molar-refractivity contribution in [3.8, 4) is 0 Å². The Morgan fingerprint density at radius 2 is 1.49 bits per heavy atom. The molecule has 8 nitrogen and oxygen atoms in total. The van der Waals surface area contributed by atoms with Crippen LogP contribution >= 0.6 is 7.82 Å². The topological polar surface area (TPSA) is 105 Å². The molecule has 1 unspecified atom stereocenters. The lowest BCUT2D eigenvalue weighted by atomic mass is 10.1. The largest absolute Gasteiger partial charge is 0.756 e. The Bertz CT molecular complexity index is 593. The number of quaternary nitrogens is 1. The van der Waals surface area contributed by atoms with E-state index in [4.69, 9.17) is 13.8 Å². The lowest BCUT2D eigenvalue weighted by Crippen LogP contribution is -2.38. The minimum Gasteiger partial charge on any atom is -0.756 e. The Morgan fingerprint density at radius 3 is 2.03 bits per heavy atom. The summed E-state index contributed by atoms with van der Waals surface area (Å²) in [5.41, 5.74) is 0. The molecule has 2 atom stereocenters. The van der Waals surface area contributed by atoms with Crippen LogP contribution in [0.25, 0.3) is 0 Å². The van der Waals surface area contributed by atoms with E-state index >= 15 is 0 Å². The number of aliphatic hydroxyl groups is 1. The van der Waals surface area contributed by atoms with E-state index in [-0.39, 0.29) is 19.6 Å². The molecule has 35 heavy (non-hydrogen) atoms. The third-order valence-electron chi connectivity index (χ3n) is 5.57. The van der Waals surface area contributed by atoms with Gasteiger partial charge in [0.05, 0.1) is 27.7 Å². The minimum atomic E-state index is -4.58. The van der Waals surface area contributed by atoms with E-state index in [1.165, 1.54) is 51.4 Å². The third kappa shape index (κ3) is 24.7. The normalized spacial score (nSPS) is 14.8. The summed E-state index contributed by atoms with van der Waals surface area (Å²) in [5, 5.41) is 9.33. The smallest absolute Gasteiger partial charge is 0.305 e. The standard InChI is InChI=1S/C26H52NO7P/c1-5-6-7-8-9-10-11-12-13-14-15-16-17-18-19-20-26(29)32-24-25(23-28)34-35(30,31)33-22-21-27(2,3)4/h12-13,25,28H,5-11,14-24H2,1-4H3/b13-12-/t25-/m0/s1. The minimum absolute atomic E-state index is 0.0301. The van der Waals surface area contributed by atoms with Gasteiger partial charge in [0.25, 0.3) is 7.82 Å². The average molecular weight is 522 g/mol. The first-order chi connectivity index (χ1) is 16.6. The second-order valence-corrected chi connectivity index (χ2v) is 11.6.